The molecule has 0 aliphatic carbocycles. The topological polar surface area (TPSA) is 93.1 Å². The molecule has 0 saturated heterocycles. The molecule has 192 valence electrons. The summed E-state index contributed by atoms with van der Waals surface area (Å²) >= 11 is 1.55. The van der Waals surface area contributed by atoms with Crippen molar-refractivity contribution in [1.82, 2.24) is 0 Å². The van der Waals surface area contributed by atoms with Crippen LogP contribution in [0.25, 0.3) is 0 Å². The van der Waals surface area contributed by atoms with Gasteiger partial charge in [-0.2, -0.15) is 0 Å². The number of aliphatic carboxylic acids is 2. The lowest BCUT2D eigenvalue weighted by Crippen LogP contribution is -2.26. The number of rotatable bonds is 18. The highest BCUT2D eigenvalue weighted by Gasteiger charge is 2.20. The Kier molecular flexibility index (Phi) is 13.1. The number of benzene rings is 2. The van der Waals surface area contributed by atoms with Gasteiger partial charge in [0.2, 0.25) is 0 Å². The van der Waals surface area contributed by atoms with E-state index in [1.807, 2.05) is 24.3 Å². The van der Waals surface area contributed by atoms with Gasteiger partial charge in [0.1, 0.15) is 11.5 Å². The number of hydrogen-bond donors (Lipinski definition) is 2. The van der Waals surface area contributed by atoms with E-state index in [4.69, 9.17) is 9.47 Å². The van der Waals surface area contributed by atoms with Crippen molar-refractivity contribution in [1.29, 1.82) is 0 Å². The summed E-state index contributed by atoms with van der Waals surface area (Å²) in [6.45, 7) is 4.25. The first kappa shape index (κ1) is 28.6. The molecule has 0 heterocycles. The summed E-state index contributed by atoms with van der Waals surface area (Å²) in [4.78, 5) is 25.0. The van der Waals surface area contributed by atoms with Gasteiger partial charge in [0, 0.05) is 9.79 Å². The normalized spacial score (nSPS) is 12.6. The molecule has 0 bridgehead atoms. The molecule has 0 amide bonds. The van der Waals surface area contributed by atoms with E-state index in [1.165, 1.54) is 0 Å². The second kappa shape index (κ2) is 16.1. The minimum Gasteiger partial charge on any atom is -0.479 e. The van der Waals surface area contributed by atoms with Gasteiger partial charge in [0.25, 0.3) is 0 Å². The van der Waals surface area contributed by atoms with Crippen LogP contribution in [0.2, 0.25) is 0 Å². The maximum absolute atomic E-state index is 11.5. The van der Waals surface area contributed by atoms with Crippen LogP contribution in [-0.4, -0.2) is 34.4 Å². The smallest absolute Gasteiger partial charge is 0.344 e. The second-order valence-corrected chi connectivity index (χ2v) is 9.78. The number of carboxylic acid groups (broad SMARTS) is 2. The van der Waals surface area contributed by atoms with Gasteiger partial charge in [0.15, 0.2) is 12.2 Å². The Morgan fingerprint density at radius 1 is 0.657 bits per heavy atom. The first-order valence-electron chi connectivity index (χ1n) is 12.6. The Morgan fingerprint density at radius 2 is 1.03 bits per heavy atom. The zero-order valence-electron chi connectivity index (χ0n) is 20.8. The van der Waals surface area contributed by atoms with Crippen LogP contribution < -0.4 is 9.47 Å². The molecule has 0 fully saturated rings. The molecule has 6 nitrogen and oxygen atoms in total. The van der Waals surface area contributed by atoms with Crippen molar-refractivity contribution >= 4 is 23.7 Å². The summed E-state index contributed by atoms with van der Waals surface area (Å²) < 4.78 is 11.4. The highest BCUT2D eigenvalue weighted by atomic mass is 32.2. The zero-order chi connectivity index (χ0) is 25.5. The second-order valence-electron chi connectivity index (χ2n) is 8.63. The number of carboxylic acids is 2. The standard InChI is InChI=1S/C28H38O6S/c1-3-5-7-9-11-25(27(29)30)33-21-13-17-23(18-14-21)35-24-19-15-22(16-20-24)34-26(28(31)32)12-10-8-6-4-2/h13-20,25-26H,3-12H2,1-2H3,(H,29,30)(H,31,32). The van der Waals surface area contributed by atoms with E-state index >= 15 is 0 Å². The molecule has 0 spiro atoms. The van der Waals surface area contributed by atoms with Crippen LogP contribution in [0.15, 0.2) is 58.3 Å². The van der Waals surface area contributed by atoms with Crippen molar-refractivity contribution in [2.75, 3.05) is 0 Å². The predicted molar refractivity (Wildman–Crippen MR) is 139 cm³/mol. The van der Waals surface area contributed by atoms with Gasteiger partial charge in [0.05, 0.1) is 0 Å². The first-order valence-corrected chi connectivity index (χ1v) is 13.4. The average Bonchev–Trinajstić information content (AvgIpc) is 2.84. The van der Waals surface area contributed by atoms with Crippen LogP contribution >= 0.6 is 11.8 Å². The fraction of sp³-hybridized carbons (Fsp3) is 0.500. The third-order valence-corrected chi connectivity index (χ3v) is 6.65. The van der Waals surface area contributed by atoms with Crippen LogP contribution in [0.1, 0.15) is 78.1 Å². The van der Waals surface area contributed by atoms with Gasteiger partial charge in [-0.05, 0) is 74.2 Å². The van der Waals surface area contributed by atoms with Crippen molar-refractivity contribution in [2.45, 2.75) is 100 Å². The quantitative estimate of drug-likeness (QED) is 0.205. The minimum absolute atomic E-state index is 0.502. The van der Waals surface area contributed by atoms with Gasteiger partial charge in [-0.15, -0.1) is 0 Å². The molecule has 0 aromatic heterocycles. The maximum Gasteiger partial charge on any atom is 0.344 e. The molecule has 0 radical (unpaired) electrons. The SMILES string of the molecule is CCCCCCC(Oc1ccc(Sc2ccc(OC(CCCCCC)C(=O)O)cc2)cc1)C(=O)O. The lowest BCUT2D eigenvalue weighted by molar-refractivity contribution is -0.146. The number of carbonyl (C=O) groups is 2. The number of unbranched alkanes of at least 4 members (excludes halogenated alkanes) is 6. The molecule has 2 N–H and O–H groups in total. The van der Waals surface area contributed by atoms with Crippen molar-refractivity contribution in [3.05, 3.63) is 48.5 Å². The Labute approximate surface area is 213 Å². The third kappa shape index (κ3) is 11.1. The van der Waals surface area contributed by atoms with E-state index in [1.54, 1.807) is 36.0 Å². The molecule has 2 aromatic carbocycles. The Morgan fingerprint density at radius 3 is 1.34 bits per heavy atom. The third-order valence-electron chi connectivity index (χ3n) is 5.63. The van der Waals surface area contributed by atoms with Crippen molar-refractivity contribution < 1.29 is 29.3 Å². The molecule has 2 rings (SSSR count). The zero-order valence-corrected chi connectivity index (χ0v) is 21.6. The van der Waals surface area contributed by atoms with E-state index in [0.717, 1.165) is 61.2 Å². The molecule has 2 aromatic rings. The van der Waals surface area contributed by atoms with Crippen LogP contribution in [0.5, 0.6) is 11.5 Å². The summed E-state index contributed by atoms with van der Waals surface area (Å²) in [6, 6.07) is 14.8. The number of hydrogen-bond acceptors (Lipinski definition) is 5. The lowest BCUT2D eigenvalue weighted by Gasteiger charge is -2.16. The van der Waals surface area contributed by atoms with Gasteiger partial charge >= 0.3 is 11.9 Å². The fourth-order valence-electron chi connectivity index (χ4n) is 3.62. The van der Waals surface area contributed by atoms with Crippen molar-refractivity contribution in [3.8, 4) is 11.5 Å². The summed E-state index contributed by atoms with van der Waals surface area (Å²) in [7, 11) is 0. The molecular formula is C28H38O6S. The molecule has 2 unspecified atom stereocenters. The highest BCUT2D eigenvalue weighted by molar-refractivity contribution is 7.99. The predicted octanol–water partition coefficient (Wildman–Crippen LogP) is 7.44. The van der Waals surface area contributed by atoms with E-state index < -0.39 is 24.1 Å². The first-order chi connectivity index (χ1) is 16.9. The van der Waals surface area contributed by atoms with Crippen molar-refractivity contribution in [3.63, 3.8) is 0 Å². The van der Waals surface area contributed by atoms with Gasteiger partial charge in [-0.3, -0.25) is 0 Å². The van der Waals surface area contributed by atoms with Crippen LogP contribution in [-0.2, 0) is 9.59 Å². The molecule has 0 aliphatic heterocycles. The summed E-state index contributed by atoms with van der Waals surface area (Å²) in [5, 5.41) is 18.9. The van der Waals surface area contributed by atoms with Gasteiger partial charge in [-0.25, -0.2) is 9.59 Å². The van der Waals surface area contributed by atoms with Crippen LogP contribution in [0.4, 0.5) is 0 Å². The van der Waals surface area contributed by atoms with Crippen LogP contribution in [0.3, 0.4) is 0 Å². The molecule has 2 atom stereocenters. The van der Waals surface area contributed by atoms with Gasteiger partial charge in [-0.1, -0.05) is 64.1 Å². The van der Waals surface area contributed by atoms with E-state index in [-0.39, 0.29) is 0 Å². The largest absolute Gasteiger partial charge is 0.479 e. The van der Waals surface area contributed by atoms with E-state index in [2.05, 4.69) is 13.8 Å². The minimum atomic E-state index is -0.937. The monoisotopic (exact) mass is 502 g/mol. The summed E-state index contributed by atoms with van der Waals surface area (Å²) in [6.07, 6.45) is 7.45. The fourth-order valence-corrected chi connectivity index (χ4v) is 4.43. The Balaban J connectivity index is 1.88. The maximum atomic E-state index is 11.5. The van der Waals surface area contributed by atoms with Crippen molar-refractivity contribution in [2.24, 2.45) is 0 Å². The summed E-state index contributed by atoms with van der Waals surface area (Å²) in [5.74, 6) is -0.791. The molecule has 0 saturated carbocycles. The summed E-state index contributed by atoms with van der Waals surface area (Å²) in [5.41, 5.74) is 0. The van der Waals surface area contributed by atoms with E-state index in [9.17, 15) is 19.8 Å². The molecular weight excluding hydrogens is 464 g/mol. The Hall–Kier alpha value is -2.67. The van der Waals surface area contributed by atoms with Crippen LogP contribution in [0, 0.1) is 0 Å². The molecule has 0 aliphatic rings. The Bertz CT molecular complexity index is 808. The van der Waals surface area contributed by atoms with Gasteiger partial charge < -0.3 is 19.7 Å². The number of ether oxygens (including phenoxy) is 2. The lowest BCUT2D eigenvalue weighted by atomic mass is 10.1. The molecule has 7 heteroatoms. The average molecular weight is 503 g/mol. The van der Waals surface area contributed by atoms with E-state index in [0.29, 0.717) is 24.3 Å². The highest BCUT2D eigenvalue weighted by Crippen LogP contribution is 2.31. The molecule has 35 heavy (non-hydrogen) atoms.